The minimum absolute atomic E-state index is 0.280. The normalized spacial score (nSPS) is 11.9. The SMILES string of the molecule is COc1cccc(CCNc2nc(C)cc(NCc3ccc4c(c3)OCO4)n2)c1. The van der Waals surface area contributed by atoms with E-state index in [9.17, 15) is 0 Å². The second-order valence-electron chi connectivity index (χ2n) is 6.79. The summed E-state index contributed by atoms with van der Waals surface area (Å²) >= 11 is 0. The quantitative estimate of drug-likeness (QED) is 0.604. The number of anilines is 2. The Balaban J connectivity index is 1.34. The van der Waals surface area contributed by atoms with E-state index >= 15 is 0 Å². The first-order chi connectivity index (χ1) is 14.2. The van der Waals surface area contributed by atoms with Gasteiger partial charge in [0.2, 0.25) is 12.7 Å². The molecule has 0 bridgehead atoms. The van der Waals surface area contributed by atoms with E-state index in [1.807, 2.05) is 49.4 Å². The molecule has 3 aromatic rings. The number of rotatable bonds is 8. The molecule has 150 valence electrons. The minimum Gasteiger partial charge on any atom is -0.497 e. The minimum atomic E-state index is 0.280. The van der Waals surface area contributed by atoms with Crippen LogP contribution >= 0.6 is 0 Å². The van der Waals surface area contributed by atoms with Gasteiger partial charge in [0, 0.05) is 24.8 Å². The van der Waals surface area contributed by atoms with Crippen molar-refractivity contribution in [1.82, 2.24) is 9.97 Å². The fourth-order valence-electron chi connectivity index (χ4n) is 3.13. The lowest BCUT2D eigenvalue weighted by Gasteiger charge is -2.11. The summed E-state index contributed by atoms with van der Waals surface area (Å²) in [6, 6.07) is 15.9. The van der Waals surface area contributed by atoms with Gasteiger partial charge in [-0.3, -0.25) is 0 Å². The van der Waals surface area contributed by atoms with Crippen LogP contribution in [0.25, 0.3) is 0 Å². The fourth-order valence-corrected chi connectivity index (χ4v) is 3.13. The molecule has 0 saturated carbocycles. The van der Waals surface area contributed by atoms with Gasteiger partial charge in [-0.25, -0.2) is 4.98 Å². The van der Waals surface area contributed by atoms with E-state index in [0.717, 1.165) is 47.3 Å². The van der Waals surface area contributed by atoms with Crippen molar-refractivity contribution in [2.24, 2.45) is 0 Å². The summed E-state index contributed by atoms with van der Waals surface area (Å²) in [6.07, 6.45) is 0.856. The average molecular weight is 392 g/mol. The maximum atomic E-state index is 5.43. The Morgan fingerprint density at radius 3 is 2.76 bits per heavy atom. The van der Waals surface area contributed by atoms with Gasteiger partial charge in [0.15, 0.2) is 11.5 Å². The molecule has 2 heterocycles. The first-order valence-corrected chi connectivity index (χ1v) is 9.54. The lowest BCUT2D eigenvalue weighted by atomic mass is 10.1. The first kappa shape index (κ1) is 18.9. The van der Waals surface area contributed by atoms with Crippen LogP contribution in [0.3, 0.4) is 0 Å². The van der Waals surface area contributed by atoms with Gasteiger partial charge >= 0.3 is 0 Å². The van der Waals surface area contributed by atoms with E-state index in [1.165, 1.54) is 5.56 Å². The summed E-state index contributed by atoms with van der Waals surface area (Å²) in [7, 11) is 1.68. The number of nitrogens with zero attached hydrogens (tertiary/aromatic N) is 2. The molecule has 0 radical (unpaired) electrons. The molecule has 7 heteroatoms. The van der Waals surface area contributed by atoms with Crippen molar-refractivity contribution < 1.29 is 14.2 Å². The molecule has 2 N–H and O–H groups in total. The third-order valence-corrected chi connectivity index (χ3v) is 4.60. The van der Waals surface area contributed by atoms with E-state index in [4.69, 9.17) is 14.2 Å². The largest absolute Gasteiger partial charge is 0.497 e. The Morgan fingerprint density at radius 1 is 0.966 bits per heavy atom. The highest BCUT2D eigenvalue weighted by Crippen LogP contribution is 2.32. The highest BCUT2D eigenvalue weighted by atomic mass is 16.7. The van der Waals surface area contributed by atoms with Crippen LogP contribution in [0.15, 0.2) is 48.5 Å². The number of ether oxygens (including phenoxy) is 3. The molecule has 1 aliphatic rings. The van der Waals surface area contributed by atoms with Gasteiger partial charge in [0.1, 0.15) is 11.6 Å². The predicted molar refractivity (Wildman–Crippen MR) is 112 cm³/mol. The summed E-state index contributed by atoms with van der Waals surface area (Å²) in [5.41, 5.74) is 3.20. The molecule has 2 aromatic carbocycles. The Labute approximate surface area is 170 Å². The third kappa shape index (κ3) is 4.87. The number of aryl methyl sites for hydroxylation is 1. The maximum Gasteiger partial charge on any atom is 0.231 e. The number of aromatic nitrogens is 2. The number of hydrogen-bond acceptors (Lipinski definition) is 7. The molecule has 0 amide bonds. The zero-order valence-electron chi connectivity index (χ0n) is 16.6. The van der Waals surface area contributed by atoms with E-state index in [2.05, 4.69) is 26.7 Å². The zero-order valence-corrected chi connectivity index (χ0v) is 16.6. The van der Waals surface area contributed by atoms with Crippen LogP contribution < -0.4 is 24.8 Å². The fraction of sp³-hybridized carbons (Fsp3) is 0.273. The van der Waals surface area contributed by atoms with Gasteiger partial charge in [-0.1, -0.05) is 18.2 Å². The van der Waals surface area contributed by atoms with Crippen LogP contribution in [0.2, 0.25) is 0 Å². The van der Waals surface area contributed by atoms with Gasteiger partial charge < -0.3 is 24.8 Å². The van der Waals surface area contributed by atoms with Crippen molar-refractivity contribution >= 4 is 11.8 Å². The Bertz CT molecular complexity index is 994. The standard InChI is InChI=1S/C22H24N4O3/c1-15-10-21(24-13-17-6-7-19-20(12-17)29-14-28-19)26-22(25-15)23-9-8-16-4-3-5-18(11-16)27-2/h3-7,10-12H,8-9,13-14H2,1-2H3,(H2,23,24,25,26). The first-order valence-electron chi connectivity index (χ1n) is 9.54. The molecular weight excluding hydrogens is 368 g/mol. The van der Waals surface area contributed by atoms with Crippen LogP contribution in [0.5, 0.6) is 17.2 Å². The lowest BCUT2D eigenvalue weighted by Crippen LogP contribution is -2.10. The lowest BCUT2D eigenvalue weighted by molar-refractivity contribution is 0.174. The van der Waals surface area contributed by atoms with Crippen molar-refractivity contribution in [2.45, 2.75) is 19.9 Å². The van der Waals surface area contributed by atoms with Crippen LogP contribution in [0.1, 0.15) is 16.8 Å². The van der Waals surface area contributed by atoms with E-state index in [-0.39, 0.29) is 6.79 Å². The number of nitrogens with one attached hydrogen (secondary N) is 2. The number of fused-ring (bicyclic) bond motifs is 1. The second-order valence-corrected chi connectivity index (χ2v) is 6.79. The molecule has 0 unspecified atom stereocenters. The topological polar surface area (TPSA) is 77.5 Å². The van der Waals surface area contributed by atoms with Crippen LogP contribution in [0.4, 0.5) is 11.8 Å². The van der Waals surface area contributed by atoms with E-state index in [0.29, 0.717) is 12.5 Å². The maximum absolute atomic E-state index is 5.43. The molecule has 0 atom stereocenters. The Hall–Kier alpha value is -3.48. The Kier molecular flexibility index (Phi) is 5.65. The van der Waals surface area contributed by atoms with E-state index in [1.54, 1.807) is 7.11 Å². The molecule has 1 aliphatic heterocycles. The van der Waals surface area contributed by atoms with Gasteiger partial charge in [-0.15, -0.1) is 0 Å². The second kappa shape index (κ2) is 8.68. The summed E-state index contributed by atoms with van der Waals surface area (Å²) in [6.45, 7) is 3.61. The van der Waals surface area contributed by atoms with Gasteiger partial charge in [0.25, 0.3) is 0 Å². The van der Waals surface area contributed by atoms with Gasteiger partial charge in [-0.2, -0.15) is 4.98 Å². The molecule has 29 heavy (non-hydrogen) atoms. The number of hydrogen-bond donors (Lipinski definition) is 2. The summed E-state index contributed by atoms with van der Waals surface area (Å²) in [5.74, 6) is 3.82. The van der Waals surface area contributed by atoms with Gasteiger partial charge in [-0.05, 0) is 48.7 Å². The van der Waals surface area contributed by atoms with Crippen LogP contribution in [-0.4, -0.2) is 30.4 Å². The van der Waals surface area contributed by atoms with Crippen LogP contribution in [-0.2, 0) is 13.0 Å². The van der Waals surface area contributed by atoms with Gasteiger partial charge in [0.05, 0.1) is 7.11 Å². The average Bonchev–Trinajstić information content (AvgIpc) is 3.20. The van der Waals surface area contributed by atoms with Crippen LogP contribution in [0, 0.1) is 6.92 Å². The molecule has 0 saturated heterocycles. The molecule has 7 nitrogen and oxygen atoms in total. The predicted octanol–water partition coefficient (Wildman–Crippen LogP) is 3.79. The summed E-state index contributed by atoms with van der Waals surface area (Å²) < 4.78 is 16.1. The smallest absolute Gasteiger partial charge is 0.231 e. The summed E-state index contributed by atoms with van der Waals surface area (Å²) in [4.78, 5) is 9.05. The number of benzene rings is 2. The van der Waals surface area contributed by atoms with Crippen molar-refractivity contribution in [3.05, 3.63) is 65.4 Å². The van der Waals surface area contributed by atoms with Crippen molar-refractivity contribution in [3.8, 4) is 17.2 Å². The zero-order chi connectivity index (χ0) is 20.1. The van der Waals surface area contributed by atoms with Crippen molar-refractivity contribution in [1.29, 1.82) is 0 Å². The molecular formula is C22H24N4O3. The highest BCUT2D eigenvalue weighted by molar-refractivity contribution is 5.47. The molecule has 1 aromatic heterocycles. The third-order valence-electron chi connectivity index (χ3n) is 4.60. The van der Waals surface area contributed by atoms with Crippen molar-refractivity contribution in [3.63, 3.8) is 0 Å². The molecule has 0 spiro atoms. The summed E-state index contributed by atoms with van der Waals surface area (Å²) in [5, 5.41) is 6.66. The van der Waals surface area contributed by atoms with Crippen molar-refractivity contribution in [2.75, 3.05) is 31.1 Å². The highest BCUT2D eigenvalue weighted by Gasteiger charge is 2.13. The monoisotopic (exact) mass is 392 g/mol. The molecule has 0 fully saturated rings. The van der Waals surface area contributed by atoms with E-state index < -0.39 is 0 Å². The molecule has 0 aliphatic carbocycles. The number of methoxy groups -OCH3 is 1. The Morgan fingerprint density at radius 2 is 1.86 bits per heavy atom. The molecule has 4 rings (SSSR count).